The molecule has 0 spiro atoms. The van der Waals surface area contributed by atoms with E-state index in [-0.39, 0.29) is 26.4 Å². The topological polar surface area (TPSA) is 95.1 Å². The van der Waals surface area contributed by atoms with E-state index in [0.29, 0.717) is 35.3 Å². The molecule has 0 saturated heterocycles. The summed E-state index contributed by atoms with van der Waals surface area (Å²) in [5.74, 6) is 0. The molecule has 1 aliphatic rings. The molecule has 5 rings (SSSR count). The second-order valence-electron chi connectivity index (χ2n) is 10.9. The first-order valence-corrected chi connectivity index (χ1v) is 19.0. The van der Waals surface area contributed by atoms with Crippen LogP contribution in [0.15, 0.2) is 109 Å². The standard InChI is InChI=1S/C36H44N2O6P2/c1-5-41-45(39,42-6-2)35(37-27-29-19-11-9-12-20-29)31-23-15-17-25-33(31)36(34-26-18-16-24-32(34)35,46(40,43-7-3)44-8-4)38-28-30-21-13-10-14-22-30/h9-26,37-38H,5-8,27-28H2,1-4H3. The smallest absolute Gasteiger partial charge is 0.307 e. The lowest BCUT2D eigenvalue weighted by Gasteiger charge is -2.52. The highest BCUT2D eigenvalue weighted by Crippen LogP contribution is 2.75. The molecule has 8 nitrogen and oxygen atoms in total. The molecular weight excluding hydrogens is 618 g/mol. The summed E-state index contributed by atoms with van der Waals surface area (Å²) in [6.45, 7) is 8.56. The van der Waals surface area contributed by atoms with Crippen LogP contribution in [0.3, 0.4) is 0 Å². The molecule has 4 aromatic carbocycles. The Morgan fingerprint density at radius 1 is 0.457 bits per heavy atom. The quantitative estimate of drug-likeness (QED) is 0.115. The van der Waals surface area contributed by atoms with E-state index in [2.05, 4.69) is 10.6 Å². The van der Waals surface area contributed by atoms with Gasteiger partial charge in [-0.3, -0.25) is 19.8 Å². The first-order chi connectivity index (χ1) is 22.4. The van der Waals surface area contributed by atoms with Gasteiger partial charge < -0.3 is 18.1 Å². The summed E-state index contributed by atoms with van der Waals surface area (Å²) in [6.07, 6.45) is 0. The van der Waals surface area contributed by atoms with Crippen molar-refractivity contribution in [1.29, 1.82) is 0 Å². The Hall–Kier alpha value is -2.90. The molecule has 46 heavy (non-hydrogen) atoms. The highest BCUT2D eigenvalue weighted by molar-refractivity contribution is 7.56. The van der Waals surface area contributed by atoms with E-state index in [4.69, 9.17) is 18.1 Å². The van der Waals surface area contributed by atoms with E-state index in [0.717, 1.165) is 11.1 Å². The van der Waals surface area contributed by atoms with Gasteiger partial charge in [0.1, 0.15) is 0 Å². The van der Waals surface area contributed by atoms with Crippen LogP contribution in [-0.2, 0) is 50.9 Å². The molecular formula is C36H44N2O6P2. The average Bonchev–Trinajstić information content (AvgIpc) is 3.07. The molecule has 0 bridgehead atoms. The molecule has 0 aromatic heterocycles. The molecule has 0 fully saturated rings. The fourth-order valence-electron chi connectivity index (χ4n) is 6.48. The first-order valence-electron chi connectivity index (χ1n) is 15.9. The van der Waals surface area contributed by atoms with Crippen molar-refractivity contribution in [2.24, 2.45) is 0 Å². The van der Waals surface area contributed by atoms with Gasteiger partial charge in [-0.25, -0.2) is 0 Å². The number of nitrogens with one attached hydrogen (secondary N) is 2. The Kier molecular flexibility index (Phi) is 11.1. The van der Waals surface area contributed by atoms with Crippen LogP contribution in [0, 0.1) is 0 Å². The zero-order valence-electron chi connectivity index (χ0n) is 27.0. The zero-order valence-corrected chi connectivity index (χ0v) is 28.8. The van der Waals surface area contributed by atoms with Crippen molar-refractivity contribution < 1.29 is 27.2 Å². The maximum atomic E-state index is 15.5. The average molecular weight is 663 g/mol. The van der Waals surface area contributed by atoms with Crippen LogP contribution in [0.5, 0.6) is 0 Å². The van der Waals surface area contributed by atoms with Gasteiger partial charge in [0.25, 0.3) is 0 Å². The predicted octanol–water partition coefficient (Wildman–Crippen LogP) is 8.51. The van der Waals surface area contributed by atoms with Crippen LogP contribution in [0.25, 0.3) is 0 Å². The molecule has 0 saturated carbocycles. The summed E-state index contributed by atoms with van der Waals surface area (Å²) in [6, 6.07) is 35.1. The molecule has 0 aliphatic heterocycles. The van der Waals surface area contributed by atoms with Crippen molar-refractivity contribution in [3.8, 4) is 0 Å². The third kappa shape index (κ3) is 5.98. The minimum atomic E-state index is -4.05. The maximum Gasteiger partial charge on any atom is 0.359 e. The number of rotatable bonds is 16. The van der Waals surface area contributed by atoms with Crippen molar-refractivity contribution in [2.45, 2.75) is 51.3 Å². The molecule has 244 valence electrons. The monoisotopic (exact) mass is 662 g/mol. The van der Waals surface area contributed by atoms with Crippen molar-refractivity contribution in [3.63, 3.8) is 0 Å². The third-order valence-corrected chi connectivity index (χ3v) is 13.5. The lowest BCUT2D eigenvalue weighted by atomic mass is 9.77. The van der Waals surface area contributed by atoms with E-state index in [1.54, 1.807) is 27.7 Å². The Labute approximate surface area is 272 Å². The van der Waals surface area contributed by atoms with E-state index in [1.165, 1.54) is 0 Å². The fourth-order valence-corrected chi connectivity index (χ4v) is 11.3. The van der Waals surface area contributed by atoms with Crippen LogP contribution in [-0.4, -0.2) is 26.4 Å². The van der Waals surface area contributed by atoms with Gasteiger partial charge in [0.15, 0.2) is 10.6 Å². The molecule has 0 heterocycles. The minimum Gasteiger partial charge on any atom is -0.307 e. The minimum absolute atomic E-state index is 0.157. The molecule has 0 unspecified atom stereocenters. The van der Waals surface area contributed by atoms with E-state index < -0.39 is 25.8 Å². The molecule has 0 amide bonds. The van der Waals surface area contributed by atoms with Crippen molar-refractivity contribution >= 4 is 15.2 Å². The van der Waals surface area contributed by atoms with Crippen LogP contribution in [0.4, 0.5) is 0 Å². The molecule has 0 atom stereocenters. The van der Waals surface area contributed by atoms with Gasteiger partial charge in [0.05, 0.1) is 26.4 Å². The summed E-state index contributed by atoms with van der Waals surface area (Å²) in [5, 5.41) is 4.41. The van der Waals surface area contributed by atoms with Crippen molar-refractivity contribution in [3.05, 3.63) is 143 Å². The molecule has 2 N–H and O–H groups in total. The van der Waals surface area contributed by atoms with Gasteiger partial charge in [0.2, 0.25) is 0 Å². The summed E-state index contributed by atoms with van der Waals surface area (Å²) >= 11 is 0. The van der Waals surface area contributed by atoms with E-state index in [1.807, 2.05) is 109 Å². The second-order valence-corrected chi connectivity index (χ2v) is 15.2. The lowest BCUT2D eigenvalue weighted by molar-refractivity contribution is 0.181. The predicted molar refractivity (Wildman–Crippen MR) is 183 cm³/mol. The second kappa shape index (κ2) is 14.9. The number of fused-ring (bicyclic) bond motifs is 2. The van der Waals surface area contributed by atoms with Gasteiger partial charge in [-0.15, -0.1) is 0 Å². The first kappa shape index (κ1) is 34.4. The van der Waals surface area contributed by atoms with E-state index in [9.17, 15) is 0 Å². The van der Waals surface area contributed by atoms with Gasteiger partial charge >= 0.3 is 15.2 Å². The van der Waals surface area contributed by atoms with Gasteiger partial charge in [-0.1, -0.05) is 109 Å². The fraction of sp³-hybridized carbons (Fsp3) is 0.333. The van der Waals surface area contributed by atoms with Crippen molar-refractivity contribution in [1.82, 2.24) is 10.6 Å². The maximum absolute atomic E-state index is 15.5. The summed E-state index contributed by atoms with van der Waals surface area (Å²) in [5.41, 5.74) is 4.41. The number of hydrogen-bond acceptors (Lipinski definition) is 8. The number of hydrogen-bond donors (Lipinski definition) is 2. The highest BCUT2D eigenvalue weighted by atomic mass is 31.2. The normalized spacial score (nSPS) is 19.4. The Morgan fingerprint density at radius 2 is 0.717 bits per heavy atom. The SMILES string of the molecule is CCOP(=O)(OCC)C1(NCc2ccccc2)c2ccccc2C(NCc2ccccc2)(P(=O)(OCC)OCC)c2ccccc21. The number of benzene rings is 4. The van der Waals surface area contributed by atoms with Crippen LogP contribution in [0.2, 0.25) is 0 Å². The van der Waals surface area contributed by atoms with Gasteiger partial charge in [-0.05, 0) is 61.1 Å². The third-order valence-electron chi connectivity index (χ3n) is 8.21. The zero-order chi connectivity index (χ0) is 32.7. The Bertz CT molecular complexity index is 1490. The van der Waals surface area contributed by atoms with Crippen molar-refractivity contribution in [2.75, 3.05) is 26.4 Å². The molecule has 0 radical (unpaired) electrons. The van der Waals surface area contributed by atoms with Gasteiger partial charge in [-0.2, -0.15) is 0 Å². The summed E-state index contributed by atoms with van der Waals surface area (Å²) in [4.78, 5) is 0. The van der Waals surface area contributed by atoms with Crippen LogP contribution in [0.1, 0.15) is 61.1 Å². The summed E-state index contributed by atoms with van der Waals surface area (Å²) in [7, 11) is -8.11. The van der Waals surface area contributed by atoms with Crippen LogP contribution < -0.4 is 10.6 Å². The highest BCUT2D eigenvalue weighted by Gasteiger charge is 2.66. The summed E-state index contributed by atoms with van der Waals surface area (Å²) < 4.78 is 55.8. The van der Waals surface area contributed by atoms with E-state index >= 15 is 9.13 Å². The van der Waals surface area contributed by atoms with Gasteiger partial charge in [0, 0.05) is 13.1 Å². The van der Waals surface area contributed by atoms with Crippen LogP contribution >= 0.6 is 15.2 Å². The Balaban J connectivity index is 1.88. The molecule has 10 heteroatoms. The molecule has 1 aliphatic carbocycles. The Morgan fingerprint density at radius 3 is 0.978 bits per heavy atom. The largest absolute Gasteiger partial charge is 0.359 e. The molecule has 4 aromatic rings. The lowest BCUT2D eigenvalue weighted by Crippen LogP contribution is -2.55.